The summed E-state index contributed by atoms with van der Waals surface area (Å²) >= 11 is 10.9. The zero-order valence-electron chi connectivity index (χ0n) is 11.6. The van der Waals surface area contributed by atoms with E-state index in [9.17, 15) is 0 Å². The van der Waals surface area contributed by atoms with Crippen LogP contribution in [0.3, 0.4) is 0 Å². The van der Waals surface area contributed by atoms with Gasteiger partial charge in [-0.25, -0.2) is 0 Å². The summed E-state index contributed by atoms with van der Waals surface area (Å²) in [7, 11) is 0. The summed E-state index contributed by atoms with van der Waals surface area (Å²) in [5, 5.41) is 1.78. The molecule has 2 rings (SSSR count). The molecule has 0 aliphatic heterocycles. The minimum absolute atomic E-state index is 0.0263. The van der Waals surface area contributed by atoms with Gasteiger partial charge in [-0.1, -0.05) is 78.1 Å². The topological polar surface area (TPSA) is 9.23 Å². The van der Waals surface area contributed by atoms with Crippen molar-refractivity contribution in [2.75, 3.05) is 17.3 Å². The zero-order valence-corrected chi connectivity index (χ0v) is 16.3. The third kappa shape index (κ3) is 4.57. The lowest BCUT2D eigenvalue weighted by Gasteiger charge is -2.31. The fourth-order valence-electron chi connectivity index (χ4n) is 2.17. The zero-order chi connectivity index (χ0) is 15.1. The molecule has 2 aromatic rings. The van der Waals surface area contributed by atoms with Crippen LogP contribution in [-0.2, 0) is 5.41 Å². The van der Waals surface area contributed by atoms with Gasteiger partial charge in [-0.2, -0.15) is 0 Å². The fourth-order valence-corrected chi connectivity index (χ4v) is 4.70. The standard InChI is InChI=1S/C17H17Br3O/c18-12-17(13-19,14-5-4-6-15(20)11-14)9-10-21-16-7-2-1-3-8-16/h1-8,11H,9-10,12-13H2. The molecule has 0 spiro atoms. The van der Waals surface area contributed by atoms with E-state index in [4.69, 9.17) is 4.74 Å². The Kier molecular flexibility index (Phi) is 6.77. The molecule has 112 valence electrons. The molecule has 0 amide bonds. The predicted octanol–water partition coefficient (Wildman–Crippen LogP) is 5.95. The van der Waals surface area contributed by atoms with E-state index in [-0.39, 0.29) is 5.41 Å². The van der Waals surface area contributed by atoms with E-state index >= 15 is 0 Å². The van der Waals surface area contributed by atoms with Gasteiger partial charge in [0.05, 0.1) is 6.61 Å². The lowest BCUT2D eigenvalue weighted by Crippen LogP contribution is -2.32. The molecule has 2 aromatic carbocycles. The average molecular weight is 477 g/mol. The third-order valence-corrected chi connectivity index (χ3v) is 6.18. The Balaban J connectivity index is 2.08. The van der Waals surface area contributed by atoms with Gasteiger partial charge in [-0.3, -0.25) is 0 Å². The number of hydrogen-bond donors (Lipinski definition) is 0. The lowest BCUT2D eigenvalue weighted by atomic mass is 9.82. The van der Waals surface area contributed by atoms with Crippen molar-refractivity contribution in [3.8, 4) is 5.75 Å². The largest absolute Gasteiger partial charge is 0.494 e. The molecular formula is C17H17Br3O. The minimum Gasteiger partial charge on any atom is -0.494 e. The predicted molar refractivity (Wildman–Crippen MR) is 100.0 cm³/mol. The van der Waals surface area contributed by atoms with Crippen molar-refractivity contribution < 1.29 is 4.74 Å². The number of benzene rings is 2. The Morgan fingerprint density at radius 2 is 1.62 bits per heavy atom. The number of rotatable bonds is 7. The highest BCUT2D eigenvalue weighted by atomic mass is 79.9. The van der Waals surface area contributed by atoms with Crippen LogP contribution >= 0.6 is 47.8 Å². The van der Waals surface area contributed by atoms with Gasteiger partial charge < -0.3 is 4.74 Å². The SMILES string of the molecule is BrCC(CBr)(CCOc1ccccc1)c1cccc(Br)c1. The summed E-state index contributed by atoms with van der Waals surface area (Å²) in [5.74, 6) is 0.921. The Morgan fingerprint density at radius 3 is 2.24 bits per heavy atom. The van der Waals surface area contributed by atoms with Crippen molar-refractivity contribution >= 4 is 47.8 Å². The molecule has 0 saturated heterocycles. The molecule has 1 nitrogen and oxygen atoms in total. The van der Waals surface area contributed by atoms with Gasteiger partial charge in [0.25, 0.3) is 0 Å². The van der Waals surface area contributed by atoms with Crippen LogP contribution in [0.2, 0.25) is 0 Å². The summed E-state index contributed by atoms with van der Waals surface area (Å²) in [6.45, 7) is 0.688. The maximum absolute atomic E-state index is 5.86. The van der Waals surface area contributed by atoms with E-state index in [0.717, 1.165) is 27.3 Å². The number of ether oxygens (including phenoxy) is 1. The van der Waals surface area contributed by atoms with Crippen LogP contribution in [0.5, 0.6) is 5.75 Å². The molecule has 0 heterocycles. The van der Waals surface area contributed by atoms with E-state index in [2.05, 4.69) is 72.1 Å². The molecule has 0 fully saturated rings. The van der Waals surface area contributed by atoms with Crippen LogP contribution in [0.25, 0.3) is 0 Å². The van der Waals surface area contributed by atoms with Crippen LogP contribution in [0.1, 0.15) is 12.0 Å². The summed E-state index contributed by atoms with van der Waals surface area (Å²) in [4.78, 5) is 0. The van der Waals surface area contributed by atoms with E-state index in [1.54, 1.807) is 0 Å². The molecule has 4 heteroatoms. The molecule has 0 aliphatic rings. The van der Waals surface area contributed by atoms with Crippen molar-refractivity contribution in [2.24, 2.45) is 0 Å². The van der Waals surface area contributed by atoms with Crippen molar-refractivity contribution in [3.63, 3.8) is 0 Å². The molecule has 0 saturated carbocycles. The normalized spacial score (nSPS) is 11.4. The van der Waals surface area contributed by atoms with Gasteiger partial charge >= 0.3 is 0 Å². The Labute approximate surface area is 151 Å². The second kappa shape index (κ2) is 8.35. The van der Waals surface area contributed by atoms with Gasteiger partial charge in [-0.05, 0) is 36.2 Å². The Morgan fingerprint density at radius 1 is 0.905 bits per heavy atom. The second-order valence-electron chi connectivity index (χ2n) is 4.97. The van der Waals surface area contributed by atoms with E-state index in [1.807, 2.05) is 30.3 Å². The van der Waals surface area contributed by atoms with Gasteiger partial charge in [0, 0.05) is 20.5 Å². The molecular weight excluding hydrogens is 460 g/mol. The highest BCUT2D eigenvalue weighted by Crippen LogP contribution is 2.34. The Bertz CT molecular complexity index is 553. The third-order valence-electron chi connectivity index (χ3n) is 3.54. The molecule has 0 atom stereocenters. The molecule has 0 radical (unpaired) electrons. The summed E-state index contributed by atoms with van der Waals surface area (Å²) < 4.78 is 6.97. The molecule has 21 heavy (non-hydrogen) atoms. The molecule has 0 bridgehead atoms. The fraction of sp³-hybridized carbons (Fsp3) is 0.294. The monoisotopic (exact) mass is 474 g/mol. The van der Waals surface area contributed by atoms with Crippen molar-refractivity contribution in [1.82, 2.24) is 0 Å². The molecule has 0 unspecified atom stereocenters. The summed E-state index contributed by atoms with van der Waals surface area (Å²) in [6.07, 6.45) is 0.939. The number of hydrogen-bond acceptors (Lipinski definition) is 1. The van der Waals surface area contributed by atoms with Crippen LogP contribution < -0.4 is 4.74 Å². The van der Waals surface area contributed by atoms with Crippen LogP contribution in [0, 0.1) is 0 Å². The maximum Gasteiger partial charge on any atom is 0.119 e. The summed E-state index contributed by atoms with van der Waals surface area (Å²) in [5.41, 5.74) is 1.33. The minimum atomic E-state index is 0.0263. The number of alkyl halides is 2. The molecule has 0 aliphatic carbocycles. The van der Waals surface area contributed by atoms with Crippen LogP contribution in [-0.4, -0.2) is 17.3 Å². The van der Waals surface area contributed by atoms with Crippen molar-refractivity contribution in [2.45, 2.75) is 11.8 Å². The number of halogens is 3. The first-order chi connectivity index (χ1) is 10.2. The maximum atomic E-state index is 5.86. The van der Waals surface area contributed by atoms with Gasteiger partial charge in [0.1, 0.15) is 5.75 Å². The first kappa shape index (κ1) is 17.0. The van der Waals surface area contributed by atoms with E-state index < -0.39 is 0 Å². The van der Waals surface area contributed by atoms with Crippen LogP contribution in [0.15, 0.2) is 59.1 Å². The first-order valence-electron chi connectivity index (χ1n) is 6.76. The van der Waals surface area contributed by atoms with Gasteiger partial charge in [0.15, 0.2) is 0 Å². The lowest BCUT2D eigenvalue weighted by molar-refractivity contribution is 0.277. The average Bonchev–Trinajstić information content (AvgIpc) is 2.53. The second-order valence-corrected chi connectivity index (χ2v) is 7.01. The van der Waals surface area contributed by atoms with Crippen molar-refractivity contribution in [1.29, 1.82) is 0 Å². The first-order valence-corrected chi connectivity index (χ1v) is 9.79. The van der Waals surface area contributed by atoms with Gasteiger partial charge in [-0.15, -0.1) is 0 Å². The van der Waals surface area contributed by atoms with Gasteiger partial charge in [0.2, 0.25) is 0 Å². The van der Waals surface area contributed by atoms with E-state index in [0.29, 0.717) is 6.61 Å². The number of para-hydroxylation sites is 1. The molecule has 0 aromatic heterocycles. The highest BCUT2D eigenvalue weighted by Gasteiger charge is 2.30. The summed E-state index contributed by atoms with van der Waals surface area (Å²) in [6, 6.07) is 18.5. The smallest absolute Gasteiger partial charge is 0.119 e. The van der Waals surface area contributed by atoms with Crippen molar-refractivity contribution in [3.05, 3.63) is 64.6 Å². The van der Waals surface area contributed by atoms with Crippen LogP contribution in [0.4, 0.5) is 0 Å². The van der Waals surface area contributed by atoms with E-state index in [1.165, 1.54) is 5.56 Å². The molecule has 0 N–H and O–H groups in total. The highest BCUT2D eigenvalue weighted by molar-refractivity contribution is 9.10. The quantitative estimate of drug-likeness (QED) is 0.449. The Hall–Kier alpha value is -0.320.